The van der Waals surface area contributed by atoms with Gasteiger partial charge in [0.1, 0.15) is 0 Å². The average Bonchev–Trinajstić information content (AvgIpc) is 3.00. The van der Waals surface area contributed by atoms with Crippen molar-refractivity contribution in [1.29, 1.82) is 0 Å². The van der Waals surface area contributed by atoms with Crippen molar-refractivity contribution in [3.63, 3.8) is 0 Å². The Morgan fingerprint density at radius 2 is 2.14 bits per heavy atom. The molecule has 0 amide bonds. The van der Waals surface area contributed by atoms with Gasteiger partial charge in [0.05, 0.1) is 5.69 Å². The molecule has 0 aliphatic heterocycles. The number of aryl methyl sites for hydroxylation is 1. The third-order valence-electron chi connectivity index (χ3n) is 2.36. The van der Waals surface area contributed by atoms with E-state index in [-0.39, 0.29) is 0 Å². The van der Waals surface area contributed by atoms with Gasteiger partial charge < -0.3 is 9.84 Å². The van der Waals surface area contributed by atoms with Crippen LogP contribution in [0.1, 0.15) is 29.2 Å². The molecule has 1 unspecified atom stereocenters. The molecule has 1 aromatic heterocycles. The fourth-order valence-electron chi connectivity index (χ4n) is 1.42. The number of aliphatic hydroxyl groups is 1. The maximum absolute atomic E-state index is 9.48. The molecule has 1 aliphatic rings. The van der Waals surface area contributed by atoms with Crippen LogP contribution in [0.2, 0.25) is 0 Å². The standard InChI is InChI=1S/C11H13NO2/c1-7-9(11(13)14-2)5-6-10(12-7)8-3-4-8/h3-6,8,11,13H,1-2H3. The molecule has 0 radical (unpaired) electrons. The number of nitrogens with zero attached hydrogens (tertiary/aromatic N) is 1. The van der Waals surface area contributed by atoms with E-state index in [1.807, 2.05) is 19.1 Å². The number of methoxy groups -OCH3 is 1. The Bertz CT molecular complexity index is 368. The third-order valence-corrected chi connectivity index (χ3v) is 2.36. The Labute approximate surface area is 83.1 Å². The maximum Gasteiger partial charge on any atom is 0.182 e. The lowest BCUT2D eigenvalue weighted by Gasteiger charge is -2.12. The number of pyridine rings is 1. The average molecular weight is 191 g/mol. The fourth-order valence-corrected chi connectivity index (χ4v) is 1.42. The van der Waals surface area contributed by atoms with Gasteiger partial charge in [0, 0.05) is 24.3 Å². The van der Waals surface area contributed by atoms with Gasteiger partial charge in [-0.15, -0.1) is 0 Å². The van der Waals surface area contributed by atoms with E-state index in [1.54, 1.807) is 0 Å². The first-order valence-electron chi connectivity index (χ1n) is 4.59. The van der Waals surface area contributed by atoms with Crippen LogP contribution in [0.15, 0.2) is 24.3 Å². The molecule has 1 N–H and O–H groups in total. The van der Waals surface area contributed by atoms with Crippen LogP contribution >= 0.6 is 0 Å². The van der Waals surface area contributed by atoms with E-state index in [4.69, 9.17) is 4.74 Å². The van der Waals surface area contributed by atoms with Crippen LogP contribution in [-0.2, 0) is 4.74 Å². The van der Waals surface area contributed by atoms with Crippen molar-refractivity contribution in [2.24, 2.45) is 0 Å². The summed E-state index contributed by atoms with van der Waals surface area (Å²) >= 11 is 0. The second kappa shape index (κ2) is 3.52. The predicted octanol–water partition coefficient (Wildman–Crippen LogP) is 1.68. The van der Waals surface area contributed by atoms with Crippen LogP contribution in [0, 0.1) is 6.92 Å². The molecule has 1 aliphatic carbocycles. The molecule has 0 aromatic carbocycles. The van der Waals surface area contributed by atoms with Crippen molar-refractivity contribution in [1.82, 2.24) is 4.98 Å². The molecule has 14 heavy (non-hydrogen) atoms. The normalized spacial score (nSPS) is 17.1. The van der Waals surface area contributed by atoms with E-state index in [2.05, 4.69) is 17.1 Å². The molecule has 1 atom stereocenters. The van der Waals surface area contributed by atoms with Gasteiger partial charge in [-0.25, -0.2) is 0 Å². The van der Waals surface area contributed by atoms with Gasteiger partial charge in [-0.2, -0.15) is 0 Å². The Morgan fingerprint density at radius 3 is 2.64 bits per heavy atom. The zero-order valence-corrected chi connectivity index (χ0v) is 8.27. The molecule has 3 heteroatoms. The summed E-state index contributed by atoms with van der Waals surface area (Å²) in [6.07, 6.45) is 3.31. The second-order valence-corrected chi connectivity index (χ2v) is 3.41. The van der Waals surface area contributed by atoms with Gasteiger partial charge in [0.25, 0.3) is 0 Å². The lowest BCUT2D eigenvalue weighted by Crippen LogP contribution is -2.04. The smallest absolute Gasteiger partial charge is 0.182 e. The second-order valence-electron chi connectivity index (χ2n) is 3.41. The molecule has 1 heterocycles. The van der Waals surface area contributed by atoms with Gasteiger partial charge in [0.2, 0.25) is 0 Å². The van der Waals surface area contributed by atoms with Crippen molar-refractivity contribution < 1.29 is 9.84 Å². The first-order chi connectivity index (χ1) is 6.72. The van der Waals surface area contributed by atoms with Crippen LogP contribution in [-0.4, -0.2) is 17.2 Å². The van der Waals surface area contributed by atoms with E-state index in [1.165, 1.54) is 7.11 Å². The highest BCUT2D eigenvalue weighted by molar-refractivity contribution is 5.35. The molecule has 0 bridgehead atoms. The van der Waals surface area contributed by atoms with Gasteiger partial charge in [-0.3, -0.25) is 4.98 Å². The summed E-state index contributed by atoms with van der Waals surface area (Å²) in [5.74, 6) is 0.405. The van der Waals surface area contributed by atoms with Gasteiger partial charge >= 0.3 is 0 Å². The summed E-state index contributed by atoms with van der Waals surface area (Å²) in [6, 6.07) is 3.79. The number of allylic oxidation sites excluding steroid dienone is 2. The number of hydrogen-bond acceptors (Lipinski definition) is 3. The molecule has 2 rings (SSSR count). The third kappa shape index (κ3) is 1.69. The topological polar surface area (TPSA) is 42.4 Å². The Balaban J connectivity index is 2.26. The monoisotopic (exact) mass is 191 g/mol. The zero-order valence-electron chi connectivity index (χ0n) is 8.27. The molecule has 0 fully saturated rings. The van der Waals surface area contributed by atoms with Gasteiger partial charge in [-0.1, -0.05) is 18.2 Å². The van der Waals surface area contributed by atoms with Crippen molar-refractivity contribution in [2.75, 3.05) is 7.11 Å². The van der Waals surface area contributed by atoms with Crippen LogP contribution in [0.5, 0.6) is 0 Å². The Morgan fingerprint density at radius 1 is 1.43 bits per heavy atom. The summed E-state index contributed by atoms with van der Waals surface area (Å²) in [6.45, 7) is 1.88. The van der Waals surface area contributed by atoms with Crippen LogP contribution in [0.25, 0.3) is 0 Å². The quantitative estimate of drug-likeness (QED) is 0.584. The summed E-state index contributed by atoms with van der Waals surface area (Å²) in [5.41, 5.74) is 2.59. The molecule has 1 aromatic rings. The predicted molar refractivity (Wildman–Crippen MR) is 52.8 cm³/mol. The number of hydrogen-bond donors (Lipinski definition) is 1. The lowest BCUT2D eigenvalue weighted by molar-refractivity contribution is -0.0775. The fraction of sp³-hybridized carbons (Fsp3) is 0.364. The lowest BCUT2D eigenvalue weighted by atomic mass is 10.1. The Hall–Kier alpha value is -1.19. The van der Waals surface area contributed by atoms with Crippen molar-refractivity contribution in [3.8, 4) is 0 Å². The summed E-state index contributed by atoms with van der Waals surface area (Å²) in [5, 5.41) is 9.48. The minimum Gasteiger partial charge on any atom is -0.364 e. The minimum atomic E-state index is -0.872. The van der Waals surface area contributed by atoms with Crippen molar-refractivity contribution >= 4 is 0 Å². The molecule has 0 saturated heterocycles. The highest BCUT2D eigenvalue weighted by Gasteiger charge is 2.17. The van der Waals surface area contributed by atoms with E-state index in [0.29, 0.717) is 5.92 Å². The number of ether oxygens (including phenoxy) is 1. The van der Waals surface area contributed by atoms with Gasteiger partial charge in [0.15, 0.2) is 6.29 Å². The molecule has 3 nitrogen and oxygen atoms in total. The Kier molecular flexibility index (Phi) is 2.35. The molecule has 0 spiro atoms. The molecular formula is C11H13NO2. The number of rotatable bonds is 3. The summed E-state index contributed by atoms with van der Waals surface area (Å²) in [7, 11) is 1.47. The highest BCUT2D eigenvalue weighted by Crippen LogP contribution is 2.29. The van der Waals surface area contributed by atoms with E-state index < -0.39 is 6.29 Å². The van der Waals surface area contributed by atoms with E-state index in [9.17, 15) is 5.11 Å². The number of aromatic nitrogens is 1. The van der Waals surface area contributed by atoms with E-state index >= 15 is 0 Å². The highest BCUT2D eigenvalue weighted by atomic mass is 16.6. The zero-order chi connectivity index (χ0) is 10.1. The van der Waals surface area contributed by atoms with Crippen LogP contribution in [0.4, 0.5) is 0 Å². The first kappa shape index (κ1) is 9.37. The maximum atomic E-state index is 9.48. The molecular weight excluding hydrogens is 178 g/mol. The number of aliphatic hydroxyl groups excluding tert-OH is 1. The largest absolute Gasteiger partial charge is 0.364 e. The first-order valence-corrected chi connectivity index (χ1v) is 4.59. The summed E-state index contributed by atoms with van der Waals surface area (Å²) < 4.78 is 4.83. The summed E-state index contributed by atoms with van der Waals surface area (Å²) in [4.78, 5) is 4.40. The van der Waals surface area contributed by atoms with E-state index in [0.717, 1.165) is 17.0 Å². The van der Waals surface area contributed by atoms with Crippen LogP contribution < -0.4 is 0 Å². The SMILES string of the molecule is COC(O)c1ccc(C2C=C2)nc1C. The minimum absolute atomic E-state index is 0.405. The van der Waals surface area contributed by atoms with Crippen molar-refractivity contribution in [3.05, 3.63) is 41.2 Å². The molecule has 74 valence electrons. The molecule has 0 saturated carbocycles. The van der Waals surface area contributed by atoms with Crippen LogP contribution in [0.3, 0.4) is 0 Å². The van der Waals surface area contributed by atoms with Crippen molar-refractivity contribution in [2.45, 2.75) is 19.1 Å². The van der Waals surface area contributed by atoms with Gasteiger partial charge in [-0.05, 0) is 13.0 Å².